The summed E-state index contributed by atoms with van der Waals surface area (Å²) >= 11 is 3.41. The molecule has 0 bridgehead atoms. The van der Waals surface area contributed by atoms with E-state index in [4.69, 9.17) is 0 Å². The summed E-state index contributed by atoms with van der Waals surface area (Å²) in [6, 6.07) is 0. The largest absolute Gasteiger partial charge is 0.272 e. The summed E-state index contributed by atoms with van der Waals surface area (Å²) in [5.74, 6) is 0. The van der Waals surface area contributed by atoms with Crippen LogP contribution in [-0.2, 0) is 6.54 Å². The van der Waals surface area contributed by atoms with Crippen LogP contribution in [0.2, 0.25) is 0 Å². The van der Waals surface area contributed by atoms with Crippen molar-refractivity contribution in [2.24, 2.45) is 0 Å². The van der Waals surface area contributed by atoms with Gasteiger partial charge in [-0.25, -0.2) is 0 Å². The van der Waals surface area contributed by atoms with Gasteiger partial charge in [-0.05, 0) is 13.3 Å². The van der Waals surface area contributed by atoms with Crippen molar-refractivity contribution in [2.75, 3.05) is 5.33 Å². The molecular formula is C10H15BrN2. The molecule has 2 nitrogen and oxygen atoms in total. The topological polar surface area (TPSA) is 17.8 Å². The quantitative estimate of drug-likeness (QED) is 0.743. The maximum Gasteiger partial charge on any atom is 0.0562 e. The van der Waals surface area contributed by atoms with E-state index in [1.807, 2.05) is 10.9 Å². The summed E-state index contributed by atoms with van der Waals surface area (Å²) in [5.41, 5.74) is 2.50. The van der Waals surface area contributed by atoms with Crippen LogP contribution in [0.25, 0.3) is 6.08 Å². The van der Waals surface area contributed by atoms with Gasteiger partial charge in [0.15, 0.2) is 0 Å². The average molecular weight is 243 g/mol. The summed E-state index contributed by atoms with van der Waals surface area (Å²) < 4.78 is 1.98. The fourth-order valence-electron chi connectivity index (χ4n) is 1.13. The minimum absolute atomic E-state index is 0.923. The standard InChI is InChI=1S/C10H15BrN2/c1-3-4-13-8-10(7-12-13)5-9(2)6-11/h5,7-8H,3-4,6H2,1-2H3/b9-5-. The van der Waals surface area contributed by atoms with Crippen molar-refractivity contribution in [3.63, 3.8) is 0 Å². The molecule has 0 aromatic carbocycles. The minimum Gasteiger partial charge on any atom is -0.272 e. The van der Waals surface area contributed by atoms with Crippen molar-refractivity contribution < 1.29 is 0 Å². The first-order chi connectivity index (χ1) is 6.26. The van der Waals surface area contributed by atoms with Crippen LogP contribution in [0.3, 0.4) is 0 Å². The van der Waals surface area contributed by atoms with Gasteiger partial charge in [0.05, 0.1) is 6.20 Å². The first-order valence-electron chi connectivity index (χ1n) is 4.52. The number of aromatic nitrogens is 2. The van der Waals surface area contributed by atoms with Gasteiger partial charge in [-0.2, -0.15) is 5.10 Å². The first-order valence-corrected chi connectivity index (χ1v) is 5.64. The molecule has 0 saturated heterocycles. The highest BCUT2D eigenvalue weighted by Crippen LogP contribution is 2.07. The third-order valence-corrected chi connectivity index (χ3v) is 2.61. The first kappa shape index (κ1) is 10.5. The molecule has 0 atom stereocenters. The number of aryl methyl sites for hydroxylation is 1. The monoisotopic (exact) mass is 242 g/mol. The molecule has 0 unspecified atom stereocenters. The molecule has 0 fully saturated rings. The Labute approximate surface area is 87.8 Å². The normalized spacial score (nSPS) is 12.1. The average Bonchev–Trinajstić information content (AvgIpc) is 2.53. The van der Waals surface area contributed by atoms with E-state index in [0.717, 1.165) is 18.3 Å². The molecular weight excluding hydrogens is 228 g/mol. The molecule has 0 saturated carbocycles. The summed E-state index contributed by atoms with van der Waals surface area (Å²) in [6.45, 7) is 5.26. The van der Waals surface area contributed by atoms with Crippen molar-refractivity contribution >= 4 is 22.0 Å². The molecule has 1 aromatic rings. The van der Waals surface area contributed by atoms with E-state index in [1.165, 1.54) is 11.1 Å². The Morgan fingerprint density at radius 3 is 3.08 bits per heavy atom. The van der Waals surface area contributed by atoms with E-state index in [1.54, 1.807) is 0 Å². The highest BCUT2D eigenvalue weighted by molar-refractivity contribution is 9.09. The van der Waals surface area contributed by atoms with Crippen molar-refractivity contribution in [1.82, 2.24) is 9.78 Å². The van der Waals surface area contributed by atoms with Gasteiger partial charge >= 0.3 is 0 Å². The van der Waals surface area contributed by atoms with Gasteiger partial charge in [-0.3, -0.25) is 4.68 Å². The molecule has 1 aromatic heterocycles. The van der Waals surface area contributed by atoms with Gasteiger partial charge < -0.3 is 0 Å². The third kappa shape index (κ3) is 3.35. The zero-order valence-corrected chi connectivity index (χ0v) is 9.71. The van der Waals surface area contributed by atoms with Crippen molar-refractivity contribution in [3.8, 4) is 0 Å². The molecule has 0 aliphatic rings. The van der Waals surface area contributed by atoms with Crippen LogP contribution in [0.15, 0.2) is 18.0 Å². The Hall–Kier alpha value is -0.570. The lowest BCUT2D eigenvalue weighted by Gasteiger charge is -1.94. The third-order valence-electron chi connectivity index (χ3n) is 1.73. The van der Waals surface area contributed by atoms with Gasteiger partial charge in [0.25, 0.3) is 0 Å². The summed E-state index contributed by atoms with van der Waals surface area (Å²) in [6.07, 6.45) is 7.26. The maximum absolute atomic E-state index is 4.25. The van der Waals surface area contributed by atoms with E-state index < -0.39 is 0 Å². The molecule has 3 heteroatoms. The summed E-state index contributed by atoms with van der Waals surface area (Å²) in [4.78, 5) is 0. The molecule has 0 aliphatic heterocycles. The maximum atomic E-state index is 4.25. The van der Waals surface area contributed by atoms with Gasteiger partial charge in [-0.15, -0.1) is 0 Å². The number of allylic oxidation sites excluding steroid dienone is 1. The zero-order chi connectivity index (χ0) is 9.68. The number of nitrogens with zero attached hydrogens (tertiary/aromatic N) is 2. The second kappa shape index (κ2) is 5.22. The fourth-order valence-corrected chi connectivity index (χ4v) is 1.29. The molecule has 0 spiro atoms. The highest BCUT2D eigenvalue weighted by Gasteiger charge is 1.94. The van der Waals surface area contributed by atoms with Crippen molar-refractivity contribution in [3.05, 3.63) is 23.5 Å². The second-order valence-corrected chi connectivity index (χ2v) is 3.72. The number of hydrogen-bond acceptors (Lipinski definition) is 1. The molecule has 0 radical (unpaired) electrons. The summed E-state index contributed by atoms with van der Waals surface area (Å²) in [5, 5.41) is 5.17. The van der Waals surface area contributed by atoms with Crippen LogP contribution in [0.1, 0.15) is 25.8 Å². The van der Waals surface area contributed by atoms with E-state index in [0.29, 0.717) is 0 Å². The van der Waals surface area contributed by atoms with E-state index in [2.05, 4.69) is 47.1 Å². The lowest BCUT2D eigenvalue weighted by Crippen LogP contribution is -1.95. The van der Waals surface area contributed by atoms with Crippen LogP contribution in [0, 0.1) is 0 Å². The fraction of sp³-hybridized carbons (Fsp3) is 0.500. The molecule has 72 valence electrons. The number of halogens is 1. The van der Waals surface area contributed by atoms with E-state index in [-0.39, 0.29) is 0 Å². The Kier molecular flexibility index (Phi) is 4.22. The molecule has 13 heavy (non-hydrogen) atoms. The van der Waals surface area contributed by atoms with Gasteiger partial charge in [-0.1, -0.05) is 34.5 Å². The predicted molar refractivity (Wildman–Crippen MR) is 60.0 cm³/mol. The number of hydrogen-bond donors (Lipinski definition) is 0. The SMILES string of the molecule is CCCn1cc(/C=C(/C)CBr)cn1. The smallest absolute Gasteiger partial charge is 0.0562 e. The van der Waals surface area contributed by atoms with Crippen LogP contribution in [-0.4, -0.2) is 15.1 Å². The second-order valence-electron chi connectivity index (χ2n) is 3.16. The molecule has 1 heterocycles. The highest BCUT2D eigenvalue weighted by atomic mass is 79.9. The van der Waals surface area contributed by atoms with Gasteiger partial charge in [0.2, 0.25) is 0 Å². The van der Waals surface area contributed by atoms with Crippen molar-refractivity contribution in [2.45, 2.75) is 26.8 Å². The Balaban J connectivity index is 2.68. The Morgan fingerprint density at radius 1 is 1.69 bits per heavy atom. The van der Waals surface area contributed by atoms with Crippen LogP contribution in [0.5, 0.6) is 0 Å². The number of rotatable bonds is 4. The summed E-state index contributed by atoms with van der Waals surface area (Å²) in [7, 11) is 0. The number of alkyl halides is 1. The minimum atomic E-state index is 0.923. The lowest BCUT2D eigenvalue weighted by atomic mass is 10.2. The zero-order valence-electron chi connectivity index (χ0n) is 8.13. The molecule has 1 rings (SSSR count). The lowest BCUT2D eigenvalue weighted by molar-refractivity contribution is 0.602. The van der Waals surface area contributed by atoms with Crippen molar-refractivity contribution in [1.29, 1.82) is 0 Å². The predicted octanol–water partition coefficient (Wildman–Crippen LogP) is 3.09. The van der Waals surface area contributed by atoms with Gasteiger partial charge in [0, 0.05) is 23.6 Å². The molecule has 0 aliphatic carbocycles. The Morgan fingerprint density at radius 2 is 2.46 bits per heavy atom. The van der Waals surface area contributed by atoms with Crippen LogP contribution < -0.4 is 0 Å². The van der Waals surface area contributed by atoms with E-state index >= 15 is 0 Å². The Bertz CT molecular complexity index is 289. The van der Waals surface area contributed by atoms with E-state index in [9.17, 15) is 0 Å². The van der Waals surface area contributed by atoms with Crippen LogP contribution in [0.4, 0.5) is 0 Å². The molecule has 0 amide bonds. The molecule has 0 N–H and O–H groups in total. The van der Waals surface area contributed by atoms with Gasteiger partial charge in [0.1, 0.15) is 0 Å². The van der Waals surface area contributed by atoms with Crippen LogP contribution >= 0.6 is 15.9 Å².